The monoisotopic (exact) mass is 410 g/mol. The van der Waals surface area contributed by atoms with E-state index in [2.05, 4.69) is 5.32 Å². The molecule has 0 bridgehead atoms. The number of carbonyl (C=O) groups is 1. The van der Waals surface area contributed by atoms with Crippen LogP contribution in [0.25, 0.3) is 0 Å². The molecule has 3 rings (SSSR count). The molecule has 0 spiro atoms. The van der Waals surface area contributed by atoms with Crippen molar-refractivity contribution in [1.29, 1.82) is 0 Å². The number of hydrogen-bond donors (Lipinski definition) is 2. The smallest absolute Gasteiger partial charge is 0.264 e. The van der Waals surface area contributed by atoms with E-state index >= 15 is 0 Å². The molecule has 9 heteroatoms. The normalized spacial score (nSPS) is 15.1. The molecule has 1 aliphatic carbocycles. The molecule has 1 aliphatic rings. The van der Waals surface area contributed by atoms with Gasteiger partial charge in [0.25, 0.3) is 5.91 Å². The molecule has 1 saturated carbocycles. The van der Waals surface area contributed by atoms with Gasteiger partial charge in [-0.3, -0.25) is 4.79 Å². The summed E-state index contributed by atoms with van der Waals surface area (Å²) in [6.07, 6.45) is 1.21. The van der Waals surface area contributed by atoms with Gasteiger partial charge in [-0.2, -0.15) is 0 Å². The average molecular weight is 411 g/mol. The van der Waals surface area contributed by atoms with E-state index in [0.717, 1.165) is 0 Å². The average Bonchev–Trinajstić information content (AvgIpc) is 3.41. The minimum Gasteiger partial charge on any atom is -0.495 e. The predicted molar refractivity (Wildman–Crippen MR) is 100 cm³/mol. The number of carbonyl (C=O) groups excluding carboxylic acids is 1. The summed E-state index contributed by atoms with van der Waals surface area (Å²) in [5.74, 6) is 0.454. The Balaban J connectivity index is 1.68. The van der Waals surface area contributed by atoms with Crippen molar-refractivity contribution < 1.29 is 22.7 Å². The third kappa shape index (κ3) is 4.52. The minimum absolute atomic E-state index is 0.129. The van der Waals surface area contributed by atoms with Crippen LogP contribution in [-0.2, 0) is 21.4 Å². The van der Waals surface area contributed by atoms with Gasteiger partial charge in [0.05, 0.1) is 7.11 Å². The van der Waals surface area contributed by atoms with Crippen molar-refractivity contribution >= 4 is 27.5 Å². The number of hydrogen-bond acceptors (Lipinski definition) is 5. The zero-order chi connectivity index (χ0) is 19.7. The third-order valence-corrected chi connectivity index (χ3v) is 5.42. The Morgan fingerprint density at radius 1 is 1.22 bits per heavy atom. The summed E-state index contributed by atoms with van der Waals surface area (Å²) >= 11 is 5.85. The van der Waals surface area contributed by atoms with Crippen LogP contribution in [0, 0.1) is 0 Å². The maximum atomic E-state index is 12.5. The second-order valence-electron chi connectivity index (χ2n) is 6.26. The molecule has 2 aromatic carbocycles. The Kier molecular flexibility index (Phi) is 5.32. The first-order valence-corrected chi connectivity index (χ1v) is 10.1. The fraction of sp³-hybridized carbons (Fsp3) is 0.278. The van der Waals surface area contributed by atoms with Gasteiger partial charge in [-0.05, 0) is 42.0 Å². The zero-order valence-corrected chi connectivity index (χ0v) is 16.1. The van der Waals surface area contributed by atoms with Gasteiger partial charge in [-0.1, -0.05) is 17.7 Å². The first-order chi connectivity index (χ1) is 12.7. The highest BCUT2D eigenvalue weighted by Crippen LogP contribution is 2.40. The number of methoxy groups -OCH3 is 1. The van der Waals surface area contributed by atoms with E-state index in [1.807, 2.05) is 0 Å². The molecule has 1 fully saturated rings. The summed E-state index contributed by atoms with van der Waals surface area (Å²) in [5, 5.41) is 8.58. The van der Waals surface area contributed by atoms with Crippen LogP contribution in [0.1, 0.15) is 18.4 Å². The maximum absolute atomic E-state index is 12.5. The standard InChI is InChI=1S/C18H19ClN2O5S/c1-25-15-7-2-12(10-16(15)27(20,23)24)11-21-17(22)18(8-9-18)26-14-5-3-13(19)4-6-14/h2-7,10H,8-9,11H2,1H3,(H,21,22)(H2,20,23,24). The summed E-state index contributed by atoms with van der Waals surface area (Å²) in [4.78, 5) is 12.4. The van der Waals surface area contributed by atoms with Crippen molar-refractivity contribution in [3.8, 4) is 11.5 Å². The zero-order valence-electron chi connectivity index (χ0n) is 14.6. The fourth-order valence-electron chi connectivity index (χ4n) is 2.61. The van der Waals surface area contributed by atoms with Crippen LogP contribution in [0.5, 0.6) is 11.5 Å². The molecule has 3 N–H and O–H groups in total. The molecular weight excluding hydrogens is 392 g/mol. The van der Waals surface area contributed by atoms with Crippen molar-refractivity contribution in [3.63, 3.8) is 0 Å². The van der Waals surface area contributed by atoms with Gasteiger partial charge in [0.15, 0.2) is 5.60 Å². The second-order valence-corrected chi connectivity index (χ2v) is 8.23. The first-order valence-electron chi connectivity index (χ1n) is 8.16. The van der Waals surface area contributed by atoms with E-state index in [4.69, 9.17) is 26.2 Å². The number of sulfonamides is 1. The molecule has 0 saturated heterocycles. The van der Waals surface area contributed by atoms with Gasteiger partial charge in [0.2, 0.25) is 10.0 Å². The highest BCUT2D eigenvalue weighted by atomic mass is 35.5. The van der Waals surface area contributed by atoms with Gasteiger partial charge in [-0.25, -0.2) is 13.6 Å². The van der Waals surface area contributed by atoms with Crippen LogP contribution >= 0.6 is 11.6 Å². The second kappa shape index (κ2) is 7.38. The quantitative estimate of drug-likeness (QED) is 0.727. The van der Waals surface area contributed by atoms with Gasteiger partial charge in [0.1, 0.15) is 16.4 Å². The molecule has 0 unspecified atom stereocenters. The molecule has 0 aliphatic heterocycles. The third-order valence-electron chi connectivity index (χ3n) is 4.23. The van der Waals surface area contributed by atoms with Crippen LogP contribution in [0.3, 0.4) is 0 Å². The van der Waals surface area contributed by atoms with Crippen molar-refractivity contribution in [3.05, 3.63) is 53.1 Å². The maximum Gasteiger partial charge on any atom is 0.264 e. The highest BCUT2D eigenvalue weighted by molar-refractivity contribution is 7.89. The number of benzene rings is 2. The number of halogens is 1. The van der Waals surface area contributed by atoms with E-state index in [1.54, 1.807) is 30.3 Å². The van der Waals surface area contributed by atoms with Gasteiger partial charge < -0.3 is 14.8 Å². The lowest BCUT2D eigenvalue weighted by atomic mass is 10.2. The number of rotatable bonds is 7. The van der Waals surface area contributed by atoms with Crippen LogP contribution in [0.4, 0.5) is 0 Å². The van der Waals surface area contributed by atoms with E-state index < -0.39 is 15.6 Å². The van der Waals surface area contributed by atoms with E-state index in [9.17, 15) is 13.2 Å². The number of primary sulfonamides is 1. The Labute approximate surface area is 162 Å². The minimum atomic E-state index is -3.94. The van der Waals surface area contributed by atoms with Crippen molar-refractivity contribution in [2.24, 2.45) is 5.14 Å². The van der Waals surface area contributed by atoms with E-state index in [0.29, 0.717) is 29.2 Å². The molecule has 2 aromatic rings. The highest BCUT2D eigenvalue weighted by Gasteiger charge is 2.52. The predicted octanol–water partition coefficient (Wildman–Crippen LogP) is 2.22. The van der Waals surface area contributed by atoms with Crippen molar-refractivity contribution in [1.82, 2.24) is 5.32 Å². The molecule has 0 radical (unpaired) electrons. The van der Waals surface area contributed by atoms with Gasteiger partial charge in [0, 0.05) is 24.4 Å². The molecule has 27 heavy (non-hydrogen) atoms. The summed E-state index contributed by atoms with van der Waals surface area (Å²) in [7, 11) is -2.58. The number of nitrogens with one attached hydrogen (secondary N) is 1. The fourth-order valence-corrected chi connectivity index (χ4v) is 3.49. The number of nitrogens with two attached hydrogens (primary N) is 1. The summed E-state index contributed by atoms with van der Waals surface area (Å²) < 4.78 is 34.2. The summed E-state index contributed by atoms with van der Waals surface area (Å²) in [5.41, 5.74) is -0.321. The van der Waals surface area contributed by atoms with Crippen LogP contribution in [0.15, 0.2) is 47.4 Å². The number of amides is 1. The molecule has 0 aromatic heterocycles. The van der Waals surface area contributed by atoms with Crippen molar-refractivity contribution in [2.45, 2.75) is 29.9 Å². The Morgan fingerprint density at radius 3 is 2.44 bits per heavy atom. The summed E-state index contributed by atoms with van der Waals surface area (Å²) in [6.45, 7) is 0.136. The van der Waals surface area contributed by atoms with Gasteiger partial charge in [-0.15, -0.1) is 0 Å². The van der Waals surface area contributed by atoms with Crippen LogP contribution in [-0.4, -0.2) is 27.0 Å². The molecule has 1 amide bonds. The lowest BCUT2D eigenvalue weighted by Gasteiger charge is -2.18. The van der Waals surface area contributed by atoms with Crippen LogP contribution in [0.2, 0.25) is 5.02 Å². The largest absolute Gasteiger partial charge is 0.495 e. The lowest BCUT2D eigenvalue weighted by Crippen LogP contribution is -2.40. The molecule has 0 heterocycles. The molecule has 144 valence electrons. The van der Waals surface area contributed by atoms with Crippen LogP contribution < -0.4 is 19.9 Å². The van der Waals surface area contributed by atoms with Crippen molar-refractivity contribution in [2.75, 3.05) is 7.11 Å². The SMILES string of the molecule is COc1ccc(CNC(=O)C2(Oc3ccc(Cl)cc3)CC2)cc1S(N)(=O)=O. The lowest BCUT2D eigenvalue weighted by molar-refractivity contribution is -0.130. The van der Waals surface area contributed by atoms with E-state index in [-0.39, 0.29) is 23.1 Å². The molecule has 0 atom stereocenters. The Bertz CT molecular complexity index is 956. The Morgan fingerprint density at radius 2 is 1.89 bits per heavy atom. The molecular formula is C18H19ClN2O5S. The molecule has 7 nitrogen and oxygen atoms in total. The topological polar surface area (TPSA) is 108 Å². The van der Waals surface area contributed by atoms with Gasteiger partial charge >= 0.3 is 0 Å². The Hall–Kier alpha value is -2.29. The summed E-state index contributed by atoms with van der Waals surface area (Å²) in [6, 6.07) is 11.3. The first kappa shape index (κ1) is 19.5. The number of ether oxygens (including phenoxy) is 2. The van der Waals surface area contributed by atoms with E-state index in [1.165, 1.54) is 19.2 Å².